The van der Waals surface area contributed by atoms with Crippen LogP contribution in [0.25, 0.3) is 11.4 Å². The molecule has 0 unspecified atom stereocenters. The molecule has 94 valence electrons. The molecule has 0 aliphatic carbocycles. The molecule has 18 heavy (non-hydrogen) atoms. The third kappa shape index (κ3) is 2.47. The number of benzene rings is 1. The van der Waals surface area contributed by atoms with E-state index in [1.54, 1.807) is 18.2 Å². The second-order valence-corrected chi connectivity index (χ2v) is 5.21. The summed E-state index contributed by atoms with van der Waals surface area (Å²) in [7, 11) is 0. The molecule has 0 saturated carbocycles. The quantitative estimate of drug-likeness (QED) is 0.841. The fraction of sp³-hybridized carbons (Fsp3) is 0.286. The van der Waals surface area contributed by atoms with E-state index >= 15 is 0 Å². The lowest BCUT2D eigenvalue weighted by Gasteiger charge is -2.17. The van der Waals surface area contributed by atoms with Gasteiger partial charge in [0.2, 0.25) is 0 Å². The summed E-state index contributed by atoms with van der Waals surface area (Å²) in [6.45, 7) is 5.87. The van der Waals surface area contributed by atoms with Crippen LogP contribution in [0.5, 0.6) is 0 Å². The summed E-state index contributed by atoms with van der Waals surface area (Å²) < 4.78 is 13.7. The first-order valence-corrected chi connectivity index (χ1v) is 5.75. The van der Waals surface area contributed by atoms with Crippen LogP contribution < -0.4 is 5.56 Å². The van der Waals surface area contributed by atoms with Crippen LogP contribution >= 0.6 is 0 Å². The summed E-state index contributed by atoms with van der Waals surface area (Å²) in [4.78, 5) is 18.5. The largest absolute Gasteiger partial charge is 0.306 e. The predicted molar refractivity (Wildman–Crippen MR) is 69.0 cm³/mol. The van der Waals surface area contributed by atoms with Crippen molar-refractivity contribution in [2.24, 2.45) is 0 Å². The van der Waals surface area contributed by atoms with Gasteiger partial charge in [-0.05, 0) is 12.1 Å². The molecule has 0 radical (unpaired) electrons. The van der Waals surface area contributed by atoms with Crippen molar-refractivity contribution in [1.29, 1.82) is 0 Å². The summed E-state index contributed by atoms with van der Waals surface area (Å²) in [5.74, 6) is -0.128. The number of nitrogens with zero attached hydrogens (tertiary/aromatic N) is 1. The number of hydrogen-bond donors (Lipinski definition) is 1. The molecule has 0 atom stereocenters. The molecule has 2 rings (SSSR count). The highest BCUT2D eigenvalue weighted by molar-refractivity contribution is 5.55. The van der Waals surface area contributed by atoms with Crippen LogP contribution in [0.1, 0.15) is 26.5 Å². The molecule has 1 aromatic carbocycles. The van der Waals surface area contributed by atoms with E-state index < -0.39 is 5.82 Å². The first kappa shape index (κ1) is 12.5. The Morgan fingerprint density at radius 2 is 1.89 bits per heavy atom. The van der Waals surface area contributed by atoms with Crippen LogP contribution in [-0.4, -0.2) is 9.97 Å². The zero-order valence-corrected chi connectivity index (χ0v) is 10.6. The number of nitrogens with one attached hydrogen (secondary N) is 1. The van der Waals surface area contributed by atoms with Crippen molar-refractivity contribution in [2.45, 2.75) is 26.2 Å². The maximum atomic E-state index is 13.7. The first-order valence-electron chi connectivity index (χ1n) is 5.75. The average Bonchev–Trinajstić information content (AvgIpc) is 2.27. The van der Waals surface area contributed by atoms with Crippen molar-refractivity contribution in [1.82, 2.24) is 9.97 Å². The molecule has 3 nitrogen and oxygen atoms in total. The zero-order valence-electron chi connectivity index (χ0n) is 10.6. The number of aromatic amines is 1. The van der Waals surface area contributed by atoms with Crippen LogP contribution in [0.4, 0.5) is 4.39 Å². The number of hydrogen-bond acceptors (Lipinski definition) is 2. The minimum atomic E-state index is -0.397. The van der Waals surface area contributed by atoms with Crippen molar-refractivity contribution < 1.29 is 4.39 Å². The Morgan fingerprint density at radius 3 is 2.50 bits per heavy atom. The highest BCUT2D eigenvalue weighted by Crippen LogP contribution is 2.22. The van der Waals surface area contributed by atoms with Crippen LogP contribution in [0.3, 0.4) is 0 Å². The monoisotopic (exact) mass is 246 g/mol. The van der Waals surface area contributed by atoms with Gasteiger partial charge in [-0.25, -0.2) is 9.37 Å². The van der Waals surface area contributed by atoms with Gasteiger partial charge in [-0.15, -0.1) is 0 Å². The molecule has 0 fully saturated rings. The maximum absolute atomic E-state index is 13.7. The van der Waals surface area contributed by atoms with Crippen molar-refractivity contribution in [3.05, 3.63) is 52.2 Å². The Hall–Kier alpha value is -1.97. The topological polar surface area (TPSA) is 45.8 Å². The molecular formula is C14H15FN2O. The van der Waals surface area contributed by atoms with E-state index in [0.717, 1.165) is 0 Å². The van der Waals surface area contributed by atoms with Crippen molar-refractivity contribution >= 4 is 0 Å². The number of H-pyrrole nitrogens is 1. The smallest absolute Gasteiger partial charge is 0.251 e. The highest BCUT2D eigenvalue weighted by Gasteiger charge is 2.18. The Labute approximate surface area is 105 Å². The lowest BCUT2D eigenvalue weighted by atomic mass is 9.92. The molecule has 1 heterocycles. The Morgan fingerprint density at radius 1 is 1.22 bits per heavy atom. The second kappa shape index (κ2) is 4.37. The SMILES string of the molecule is CC(C)(C)c1cc(=O)[nH]c(-c2ccccc2F)n1. The Balaban J connectivity index is 2.63. The molecule has 0 bridgehead atoms. The van der Waals surface area contributed by atoms with Crippen LogP contribution in [0.15, 0.2) is 35.1 Å². The van der Waals surface area contributed by atoms with Gasteiger partial charge in [0.05, 0.1) is 11.3 Å². The molecule has 0 saturated heterocycles. The predicted octanol–water partition coefficient (Wildman–Crippen LogP) is 2.87. The Bertz CT molecular complexity index is 626. The van der Waals surface area contributed by atoms with Gasteiger partial charge in [0, 0.05) is 11.5 Å². The van der Waals surface area contributed by atoms with E-state index in [1.165, 1.54) is 12.1 Å². The van der Waals surface area contributed by atoms with Gasteiger partial charge in [-0.3, -0.25) is 4.79 Å². The molecule has 1 N–H and O–H groups in total. The van der Waals surface area contributed by atoms with Crippen molar-refractivity contribution in [2.75, 3.05) is 0 Å². The fourth-order valence-corrected chi connectivity index (χ4v) is 1.62. The summed E-state index contributed by atoms with van der Waals surface area (Å²) in [5, 5.41) is 0. The molecule has 0 amide bonds. The van der Waals surface area contributed by atoms with Crippen LogP contribution in [0.2, 0.25) is 0 Å². The van der Waals surface area contributed by atoms with Gasteiger partial charge in [-0.1, -0.05) is 32.9 Å². The van der Waals surface area contributed by atoms with Crippen LogP contribution in [-0.2, 0) is 5.41 Å². The summed E-state index contributed by atoms with van der Waals surface area (Å²) in [5.41, 5.74) is 0.423. The van der Waals surface area contributed by atoms with Gasteiger partial charge in [-0.2, -0.15) is 0 Å². The van der Waals surface area contributed by atoms with Gasteiger partial charge in [0.15, 0.2) is 0 Å². The molecule has 2 aromatic rings. The molecule has 4 heteroatoms. The fourth-order valence-electron chi connectivity index (χ4n) is 1.62. The summed E-state index contributed by atoms with van der Waals surface area (Å²) >= 11 is 0. The maximum Gasteiger partial charge on any atom is 0.251 e. The first-order chi connectivity index (χ1) is 8.38. The summed E-state index contributed by atoms with van der Waals surface area (Å²) in [6.07, 6.45) is 0. The van der Waals surface area contributed by atoms with E-state index in [2.05, 4.69) is 9.97 Å². The molecule has 0 aliphatic heterocycles. The molecule has 0 aliphatic rings. The lowest BCUT2D eigenvalue weighted by Crippen LogP contribution is -2.20. The van der Waals surface area contributed by atoms with Gasteiger partial charge in [0.1, 0.15) is 11.6 Å². The summed E-state index contributed by atoms with van der Waals surface area (Å²) in [6, 6.07) is 7.70. The number of halogens is 1. The van der Waals surface area contributed by atoms with E-state index in [9.17, 15) is 9.18 Å². The third-order valence-electron chi connectivity index (χ3n) is 2.64. The molecular weight excluding hydrogens is 231 g/mol. The van der Waals surface area contributed by atoms with E-state index in [4.69, 9.17) is 0 Å². The molecule has 1 aromatic heterocycles. The third-order valence-corrected chi connectivity index (χ3v) is 2.64. The van der Waals surface area contributed by atoms with Gasteiger partial charge in [0.25, 0.3) is 5.56 Å². The number of rotatable bonds is 1. The minimum Gasteiger partial charge on any atom is -0.306 e. The van der Waals surface area contributed by atoms with E-state index in [-0.39, 0.29) is 16.8 Å². The standard InChI is InChI=1S/C14H15FN2O/c1-14(2,3)11-8-12(18)17-13(16-11)9-6-4-5-7-10(9)15/h4-8H,1-3H3,(H,16,17,18). The Kier molecular flexibility index (Phi) is 3.03. The van der Waals surface area contributed by atoms with Crippen molar-refractivity contribution in [3.8, 4) is 11.4 Å². The van der Waals surface area contributed by atoms with Crippen LogP contribution in [0, 0.1) is 5.82 Å². The lowest BCUT2D eigenvalue weighted by molar-refractivity contribution is 0.565. The van der Waals surface area contributed by atoms with E-state index in [0.29, 0.717) is 11.3 Å². The van der Waals surface area contributed by atoms with Gasteiger partial charge < -0.3 is 4.98 Å². The normalized spacial score (nSPS) is 11.6. The van der Waals surface area contributed by atoms with Crippen molar-refractivity contribution in [3.63, 3.8) is 0 Å². The second-order valence-electron chi connectivity index (χ2n) is 5.21. The van der Waals surface area contributed by atoms with Gasteiger partial charge >= 0.3 is 0 Å². The minimum absolute atomic E-state index is 0.256. The zero-order chi connectivity index (χ0) is 13.3. The number of aromatic nitrogens is 2. The molecule has 0 spiro atoms. The van der Waals surface area contributed by atoms with E-state index in [1.807, 2.05) is 20.8 Å². The average molecular weight is 246 g/mol. The highest BCUT2D eigenvalue weighted by atomic mass is 19.1.